The molecule has 2 nitrogen and oxygen atoms in total. The molecule has 0 aliphatic heterocycles. The topological polar surface area (TPSA) is 12.5 Å². The lowest BCUT2D eigenvalue weighted by Crippen LogP contribution is -2.20. The monoisotopic (exact) mass is 305 g/mol. The van der Waals surface area contributed by atoms with Crippen LogP contribution < -0.4 is 0 Å². The van der Waals surface area contributed by atoms with Crippen LogP contribution in [0.3, 0.4) is 0 Å². The van der Waals surface area contributed by atoms with Crippen LogP contribution in [0.5, 0.6) is 0 Å². The van der Waals surface area contributed by atoms with Crippen molar-refractivity contribution in [2.45, 2.75) is 13.0 Å². The van der Waals surface area contributed by atoms with Crippen molar-refractivity contribution in [1.29, 1.82) is 0 Å². The predicted molar refractivity (Wildman–Crippen MR) is 91.2 cm³/mol. The number of rotatable bonds is 6. The minimum absolute atomic E-state index is 0. The maximum Gasteiger partial charge on any atom is 0.108 e. The Hall–Kier alpha value is -1.35. The Morgan fingerprint density at radius 2 is 1.62 bits per heavy atom. The van der Waals surface area contributed by atoms with Gasteiger partial charge in [0.2, 0.25) is 0 Å². The lowest BCUT2D eigenvalue weighted by atomic mass is 10.00. The van der Waals surface area contributed by atoms with E-state index < -0.39 is 0 Å². The third-order valence-electron chi connectivity index (χ3n) is 3.27. The average molecular weight is 306 g/mol. The van der Waals surface area contributed by atoms with Crippen LogP contribution in [0.1, 0.15) is 22.8 Å². The third-order valence-corrected chi connectivity index (χ3v) is 3.27. The van der Waals surface area contributed by atoms with Gasteiger partial charge >= 0.3 is 0 Å². The van der Waals surface area contributed by atoms with Gasteiger partial charge in [0.25, 0.3) is 0 Å². The summed E-state index contributed by atoms with van der Waals surface area (Å²) in [5.74, 6) is 0. The van der Waals surface area contributed by atoms with E-state index in [-0.39, 0.29) is 18.5 Å². The molecule has 0 amide bonds. The van der Waals surface area contributed by atoms with Crippen molar-refractivity contribution in [3.05, 3.63) is 71.3 Å². The second kappa shape index (κ2) is 8.83. The lowest BCUT2D eigenvalue weighted by molar-refractivity contribution is 0.0687. The molecule has 0 aliphatic rings. The first kappa shape index (κ1) is 17.7. The van der Waals surface area contributed by atoms with Crippen LogP contribution in [0.25, 0.3) is 0 Å². The van der Waals surface area contributed by atoms with Crippen molar-refractivity contribution in [1.82, 2.24) is 4.90 Å². The van der Waals surface area contributed by atoms with E-state index in [0.717, 1.165) is 13.2 Å². The summed E-state index contributed by atoms with van der Waals surface area (Å²) in [6, 6.07) is 19.0. The van der Waals surface area contributed by atoms with E-state index >= 15 is 0 Å². The highest BCUT2D eigenvalue weighted by molar-refractivity contribution is 5.85. The fourth-order valence-corrected chi connectivity index (χ4v) is 2.20. The molecule has 0 aromatic heterocycles. The largest absolute Gasteiger partial charge is 0.367 e. The van der Waals surface area contributed by atoms with Crippen LogP contribution in [0, 0.1) is 6.92 Å². The molecule has 2 aromatic carbocycles. The second-order valence-corrected chi connectivity index (χ2v) is 5.38. The van der Waals surface area contributed by atoms with E-state index in [1.807, 2.05) is 6.07 Å². The van der Waals surface area contributed by atoms with E-state index in [2.05, 4.69) is 74.4 Å². The minimum atomic E-state index is 0. The summed E-state index contributed by atoms with van der Waals surface area (Å²) in [6.07, 6.45) is 0.0102. The van der Waals surface area contributed by atoms with Crippen LogP contribution in [0.15, 0.2) is 54.6 Å². The summed E-state index contributed by atoms with van der Waals surface area (Å²) >= 11 is 0. The Balaban J connectivity index is 0.00000220. The van der Waals surface area contributed by atoms with Gasteiger partial charge in [0.15, 0.2) is 0 Å². The first-order chi connectivity index (χ1) is 9.66. The lowest BCUT2D eigenvalue weighted by Gasteiger charge is -2.20. The van der Waals surface area contributed by atoms with Crippen molar-refractivity contribution in [2.24, 2.45) is 0 Å². The highest BCUT2D eigenvalue weighted by atomic mass is 35.5. The molecule has 0 heterocycles. The molecule has 2 rings (SSSR count). The molecule has 1 unspecified atom stereocenters. The van der Waals surface area contributed by atoms with Gasteiger partial charge < -0.3 is 9.64 Å². The first-order valence-electron chi connectivity index (χ1n) is 7.04. The maximum atomic E-state index is 6.14. The van der Waals surface area contributed by atoms with E-state index in [1.54, 1.807) is 0 Å². The normalized spacial score (nSPS) is 12.0. The van der Waals surface area contributed by atoms with Crippen molar-refractivity contribution in [3.63, 3.8) is 0 Å². The van der Waals surface area contributed by atoms with Crippen LogP contribution in [0.4, 0.5) is 0 Å². The molecule has 21 heavy (non-hydrogen) atoms. The van der Waals surface area contributed by atoms with Gasteiger partial charge in [-0.05, 0) is 32.1 Å². The molecule has 1 atom stereocenters. The van der Waals surface area contributed by atoms with Crippen molar-refractivity contribution < 1.29 is 4.74 Å². The van der Waals surface area contributed by atoms with Crippen molar-refractivity contribution >= 4 is 12.4 Å². The molecule has 0 aliphatic carbocycles. The molecule has 0 saturated carbocycles. The minimum Gasteiger partial charge on any atom is -0.367 e. The van der Waals surface area contributed by atoms with Gasteiger partial charge in [-0.15, -0.1) is 12.4 Å². The highest BCUT2D eigenvalue weighted by Crippen LogP contribution is 2.26. The number of hydrogen-bond acceptors (Lipinski definition) is 2. The maximum absolute atomic E-state index is 6.14. The number of nitrogens with zero attached hydrogens (tertiary/aromatic N) is 1. The molecule has 3 heteroatoms. The van der Waals surface area contributed by atoms with Gasteiger partial charge in [0, 0.05) is 6.54 Å². The van der Waals surface area contributed by atoms with Crippen molar-refractivity contribution in [3.8, 4) is 0 Å². The average Bonchev–Trinajstić information content (AvgIpc) is 2.44. The second-order valence-electron chi connectivity index (χ2n) is 5.38. The zero-order chi connectivity index (χ0) is 14.4. The molecule has 2 aromatic rings. The first-order valence-corrected chi connectivity index (χ1v) is 7.04. The van der Waals surface area contributed by atoms with E-state index in [0.29, 0.717) is 0 Å². The Morgan fingerprint density at radius 3 is 2.24 bits per heavy atom. The molecule has 0 fully saturated rings. The van der Waals surface area contributed by atoms with Gasteiger partial charge in [-0.1, -0.05) is 60.2 Å². The van der Waals surface area contributed by atoms with Crippen LogP contribution >= 0.6 is 12.4 Å². The summed E-state index contributed by atoms with van der Waals surface area (Å²) in [5, 5.41) is 0. The van der Waals surface area contributed by atoms with E-state index in [4.69, 9.17) is 4.74 Å². The van der Waals surface area contributed by atoms with E-state index in [9.17, 15) is 0 Å². The summed E-state index contributed by atoms with van der Waals surface area (Å²) in [6.45, 7) is 3.76. The SMILES string of the molecule is Cc1cccc(C(OCCN(C)C)c2ccccc2)c1.Cl. The number of halogens is 1. The van der Waals surface area contributed by atoms with Gasteiger partial charge in [-0.2, -0.15) is 0 Å². The summed E-state index contributed by atoms with van der Waals surface area (Å²) in [5.41, 5.74) is 3.69. The quantitative estimate of drug-likeness (QED) is 0.797. The molecule has 0 N–H and O–H groups in total. The van der Waals surface area contributed by atoms with Crippen LogP contribution in [-0.2, 0) is 4.74 Å². The van der Waals surface area contributed by atoms with Crippen molar-refractivity contribution in [2.75, 3.05) is 27.2 Å². The molecule has 0 spiro atoms. The fraction of sp³-hybridized carbons (Fsp3) is 0.333. The smallest absolute Gasteiger partial charge is 0.108 e. The summed E-state index contributed by atoms with van der Waals surface area (Å²) < 4.78 is 6.14. The summed E-state index contributed by atoms with van der Waals surface area (Å²) in [7, 11) is 4.13. The number of hydrogen-bond donors (Lipinski definition) is 0. The van der Waals surface area contributed by atoms with Gasteiger partial charge in [0.1, 0.15) is 6.10 Å². The number of ether oxygens (including phenoxy) is 1. The number of likely N-dealkylation sites (N-methyl/N-ethyl adjacent to an activating group) is 1. The Kier molecular flexibility index (Phi) is 7.44. The molecular formula is C18H24ClNO. The Bertz CT molecular complexity index is 528. The molecule has 0 radical (unpaired) electrons. The van der Waals surface area contributed by atoms with Crippen LogP contribution in [0.2, 0.25) is 0 Å². The Morgan fingerprint density at radius 1 is 0.952 bits per heavy atom. The van der Waals surface area contributed by atoms with Gasteiger partial charge in [0.05, 0.1) is 6.61 Å². The number of benzene rings is 2. The zero-order valence-corrected chi connectivity index (χ0v) is 13.8. The molecule has 114 valence electrons. The predicted octanol–water partition coefficient (Wildman–Crippen LogP) is 4.08. The highest BCUT2D eigenvalue weighted by Gasteiger charge is 2.14. The number of aryl methyl sites for hydroxylation is 1. The molecule has 0 bridgehead atoms. The Labute approximate surface area is 134 Å². The molecule has 0 saturated heterocycles. The standard InChI is InChI=1S/C18H23NO.ClH/c1-15-8-7-11-17(14-15)18(20-13-12-19(2)3)16-9-5-4-6-10-16;/h4-11,14,18H,12-13H2,1-3H3;1H. The van der Waals surface area contributed by atoms with Gasteiger partial charge in [-0.25, -0.2) is 0 Å². The fourth-order valence-electron chi connectivity index (χ4n) is 2.20. The zero-order valence-electron chi connectivity index (χ0n) is 13.0. The molecular weight excluding hydrogens is 282 g/mol. The van der Waals surface area contributed by atoms with Gasteiger partial charge in [-0.3, -0.25) is 0 Å². The van der Waals surface area contributed by atoms with Crippen LogP contribution in [-0.4, -0.2) is 32.1 Å². The third kappa shape index (κ3) is 5.50. The van der Waals surface area contributed by atoms with E-state index in [1.165, 1.54) is 16.7 Å². The summed E-state index contributed by atoms with van der Waals surface area (Å²) in [4.78, 5) is 2.14.